The second-order valence-corrected chi connectivity index (χ2v) is 6.01. The van der Waals surface area contributed by atoms with Crippen LogP contribution in [0.5, 0.6) is 0 Å². The number of hydrogen-bond acceptors (Lipinski definition) is 5. The van der Waals surface area contributed by atoms with Crippen molar-refractivity contribution in [3.05, 3.63) is 42.0 Å². The third-order valence-electron chi connectivity index (χ3n) is 4.24. The van der Waals surface area contributed by atoms with Crippen LogP contribution in [-0.4, -0.2) is 32.6 Å². The zero-order valence-corrected chi connectivity index (χ0v) is 13.6. The first-order valence-electron chi connectivity index (χ1n) is 7.88. The Balaban J connectivity index is 1.97. The highest BCUT2D eigenvalue weighted by Gasteiger charge is 2.38. The molecule has 26 heavy (non-hydrogen) atoms. The Bertz CT molecular complexity index is 1010. The largest absolute Gasteiger partial charge is 0.465 e. The number of alkyl halides is 3. The average Bonchev–Trinajstić information content (AvgIpc) is 3.39. The van der Waals surface area contributed by atoms with E-state index in [0.29, 0.717) is 16.6 Å². The van der Waals surface area contributed by atoms with Crippen LogP contribution in [0.4, 0.5) is 13.2 Å². The minimum absolute atomic E-state index is 0.0317. The van der Waals surface area contributed by atoms with E-state index in [1.807, 2.05) is 0 Å². The third-order valence-corrected chi connectivity index (χ3v) is 4.24. The van der Waals surface area contributed by atoms with Gasteiger partial charge in [-0.15, -0.1) is 0 Å². The van der Waals surface area contributed by atoms with E-state index < -0.39 is 17.8 Å². The highest BCUT2D eigenvalue weighted by Crippen LogP contribution is 2.43. The van der Waals surface area contributed by atoms with Crippen LogP contribution in [0.1, 0.15) is 34.9 Å². The molecular weight excluding hydrogens is 349 g/mol. The zero-order valence-electron chi connectivity index (χ0n) is 13.6. The van der Waals surface area contributed by atoms with Crippen molar-refractivity contribution < 1.29 is 22.7 Å². The van der Waals surface area contributed by atoms with Gasteiger partial charge in [-0.05, 0) is 31.0 Å². The number of aromatic nitrogens is 4. The van der Waals surface area contributed by atoms with Crippen LogP contribution in [0.15, 0.2) is 30.7 Å². The molecule has 2 aromatic heterocycles. The van der Waals surface area contributed by atoms with Gasteiger partial charge in [-0.1, -0.05) is 0 Å². The van der Waals surface area contributed by atoms with E-state index in [4.69, 9.17) is 4.74 Å². The Hall–Kier alpha value is -2.97. The molecule has 9 heteroatoms. The lowest BCUT2D eigenvalue weighted by molar-refractivity contribution is -0.140. The van der Waals surface area contributed by atoms with E-state index in [1.165, 1.54) is 13.2 Å². The molecule has 3 aromatic rings. The van der Waals surface area contributed by atoms with Crippen molar-refractivity contribution >= 4 is 17.0 Å². The standard InChI is InChI=1S/C17H13F3N4O2/c1-26-16(25)9-2-5-12-13(6-9)24(10-3-4-10)15(23-12)11-7-21-8-22-14(11)17(18,19)20/h2,5-8,10H,3-4H2,1H3. The maximum Gasteiger partial charge on any atom is 0.434 e. The number of esters is 1. The monoisotopic (exact) mass is 362 g/mol. The van der Waals surface area contributed by atoms with Gasteiger partial charge in [-0.3, -0.25) is 0 Å². The van der Waals surface area contributed by atoms with Crippen molar-refractivity contribution in [2.75, 3.05) is 7.11 Å². The second kappa shape index (κ2) is 5.79. The first-order chi connectivity index (χ1) is 12.4. The van der Waals surface area contributed by atoms with E-state index in [1.54, 1.807) is 16.7 Å². The zero-order chi connectivity index (χ0) is 18.5. The molecule has 1 saturated carbocycles. The van der Waals surface area contributed by atoms with Gasteiger partial charge in [0.2, 0.25) is 0 Å². The molecule has 0 spiro atoms. The summed E-state index contributed by atoms with van der Waals surface area (Å²) in [5.41, 5.74) is 0.188. The highest BCUT2D eigenvalue weighted by molar-refractivity contribution is 5.94. The van der Waals surface area contributed by atoms with Crippen molar-refractivity contribution in [1.29, 1.82) is 0 Å². The van der Waals surface area contributed by atoms with Gasteiger partial charge < -0.3 is 9.30 Å². The molecule has 1 fully saturated rings. The molecule has 0 saturated heterocycles. The smallest absolute Gasteiger partial charge is 0.434 e. The van der Waals surface area contributed by atoms with Gasteiger partial charge in [0.1, 0.15) is 12.2 Å². The molecule has 0 unspecified atom stereocenters. The highest BCUT2D eigenvalue weighted by atomic mass is 19.4. The molecule has 0 amide bonds. The van der Waals surface area contributed by atoms with Crippen molar-refractivity contribution in [3.8, 4) is 11.4 Å². The first-order valence-corrected chi connectivity index (χ1v) is 7.88. The van der Waals surface area contributed by atoms with E-state index >= 15 is 0 Å². The van der Waals surface area contributed by atoms with Gasteiger partial charge in [-0.2, -0.15) is 13.2 Å². The van der Waals surface area contributed by atoms with Crippen LogP contribution >= 0.6 is 0 Å². The van der Waals surface area contributed by atoms with Crippen LogP contribution in [0, 0.1) is 0 Å². The van der Waals surface area contributed by atoms with Crippen LogP contribution < -0.4 is 0 Å². The van der Waals surface area contributed by atoms with Gasteiger partial charge >= 0.3 is 12.1 Å². The maximum absolute atomic E-state index is 13.4. The van der Waals surface area contributed by atoms with E-state index in [2.05, 4.69) is 15.0 Å². The Kier molecular flexibility index (Phi) is 3.67. The number of fused-ring (bicyclic) bond motifs is 1. The molecule has 2 heterocycles. The number of rotatable bonds is 3. The molecule has 1 aliphatic rings. The number of carbonyl (C=O) groups is 1. The van der Waals surface area contributed by atoms with Gasteiger partial charge in [0.05, 0.1) is 29.3 Å². The topological polar surface area (TPSA) is 69.9 Å². The lowest BCUT2D eigenvalue weighted by Crippen LogP contribution is -2.12. The van der Waals surface area contributed by atoms with Crippen molar-refractivity contribution in [2.24, 2.45) is 0 Å². The number of carbonyl (C=O) groups excluding carboxylic acids is 1. The molecule has 0 N–H and O–H groups in total. The summed E-state index contributed by atoms with van der Waals surface area (Å²) in [4.78, 5) is 23.3. The van der Waals surface area contributed by atoms with Crippen LogP contribution in [0.25, 0.3) is 22.4 Å². The number of ether oxygens (including phenoxy) is 1. The van der Waals surface area contributed by atoms with Crippen molar-refractivity contribution in [1.82, 2.24) is 19.5 Å². The summed E-state index contributed by atoms with van der Waals surface area (Å²) < 4.78 is 46.5. The molecule has 0 aliphatic heterocycles. The summed E-state index contributed by atoms with van der Waals surface area (Å²) in [7, 11) is 1.27. The SMILES string of the molecule is COC(=O)c1ccc2nc(-c3cncnc3C(F)(F)F)n(C3CC3)c2c1. The van der Waals surface area contributed by atoms with E-state index in [0.717, 1.165) is 25.4 Å². The molecular formula is C17H13F3N4O2. The second-order valence-electron chi connectivity index (χ2n) is 6.01. The minimum Gasteiger partial charge on any atom is -0.465 e. The van der Waals surface area contributed by atoms with Gasteiger partial charge in [-0.25, -0.2) is 19.7 Å². The quantitative estimate of drug-likeness (QED) is 0.666. The minimum atomic E-state index is -4.62. The number of imidazole rings is 1. The molecule has 0 radical (unpaired) electrons. The van der Waals surface area contributed by atoms with Crippen molar-refractivity contribution in [3.63, 3.8) is 0 Å². The Morgan fingerprint density at radius 1 is 1.31 bits per heavy atom. The van der Waals surface area contributed by atoms with Crippen LogP contribution in [-0.2, 0) is 10.9 Å². The predicted octanol–water partition coefficient (Wildman–Crippen LogP) is 3.63. The summed E-state index contributed by atoms with van der Waals surface area (Å²) in [6, 6.07) is 4.76. The van der Waals surface area contributed by atoms with Gasteiger partial charge in [0, 0.05) is 12.2 Å². The fourth-order valence-electron chi connectivity index (χ4n) is 2.95. The molecule has 6 nitrogen and oxygen atoms in total. The molecule has 1 aromatic carbocycles. The summed E-state index contributed by atoms with van der Waals surface area (Å²) >= 11 is 0. The molecule has 4 rings (SSSR count). The maximum atomic E-state index is 13.4. The number of methoxy groups -OCH3 is 1. The number of nitrogens with zero attached hydrogens (tertiary/aromatic N) is 4. The summed E-state index contributed by atoms with van der Waals surface area (Å²) in [5.74, 6) is -0.367. The number of halogens is 3. The number of benzene rings is 1. The third kappa shape index (κ3) is 2.69. The van der Waals surface area contributed by atoms with Crippen LogP contribution in [0.2, 0.25) is 0 Å². The van der Waals surface area contributed by atoms with Crippen LogP contribution in [0.3, 0.4) is 0 Å². The lowest BCUT2D eigenvalue weighted by atomic mass is 10.2. The normalized spacial score (nSPS) is 14.6. The lowest BCUT2D eigenvalue weighted by Gasteiger charge is -2.12. The summed E-state index contributed by atoms with van der Waals surface area (Å²) in [6.45, 7) is 0. The molecule has 0 atom stereocenters. The fourth-order valence-corrected chi connectivity index (χ4v) is 2.95. The Morgan fingerprint density at radius 3 is 2.73 bits per heavy atom. The van der Waals surface area contributed by atoms with E-state index in [9.17, 15) is 18.0 Å². The number of hydrogen-bond donors (Lipinski definition) is 0. The molecule has 0 bridgehead atoms. The van der Waals surface area contributed by atoms with Crippen molar-refractivity contribution in [2.45, 2.75) is 25.1 Å². The van der Waals surface area contributed by atoms with Gasteiger partial charge in [0.15, 0.2) is 5.69 Å². The molecule has 1 aliphatic carbocycles. The van der Waals surface area contributed by atoms with Gasteiger partial charge in [0.25, 0.3) is 0 Å². The Morgan fingerprint density at radius 2 is 2.08 bits per heavy atom. The first kappa shape index (κ1) is 16.5. The summed E-state index contributed by atoms with van der Waals surface area (Å²) in [6.07, 6.45) is -0.975. The van der Waals surface area contributed by atoms with E-state index in [-0.39, 0.29) is 17.4 Å². The molecule has 134 valence electrons. The fraction of sp³-hybridized carbons (Fsp3) is 0.294. The Labute approximate surface area is 145 Å². The summed E-state index contributed by atoms with van der Waals surface area (Å²) in [5, 5.41) is 0. The average molecular weight is 362 g/mol. The predicted molar refractivity (Wildman–Crippen MR) is 85.4 cm³/mol.